The number of esters is 1. The average molecular weight is 352 g/mol. The van der Waals surface area contributed by atoms with Crippen molar-refractivity contribution in [3.63, 3.8) is 0 Å². The van der Waals surface area contributed by atoms with Crippen LogP contribution >= 0.6 is 0 Å². The smallest absolute Gasteiger partial charge is 0.347 e. The Morgan fingerprint density at radius 1 is 1.23 bits per heavy atom. The van der Waals surface area contributed by atoms with Crippen molar-refractivity contribution < 1.29 is 23.8 Å². The number of aryl methyl sites for hydroxylation is 1. The fraction of sp³-hybridized carbons (Fsp3) is 0.238. The lowest BCUT2D eigenvalue weighted by molar-refractivity contribution is -0.150. The third kappa shape index (κ3) is 3.61. The molecule has 26 heavy (non-hydrogen) atoms. The van der Waals surface area contributed by atoms with Gasteiger partial charge in [0, 0.05) is 6.07 Å². The van der Waals surface area contributed by atoms with E-state index < -0.39 is 12.1 Å². The molecule has 0 N–H and O–H groups in total. The number of allylic oxidation sites excluding steroid dienone is 1. The highest BCUT2D eigenvalue weighted by Gasteiger charge is 2.28. The van der Waals surface area contributed by atoms with Crippen LogP contribution in [0.5, 0.6) is 11.5 Å². The van der Waals surface area contributed by atoms with E-state index in [1.807, 2.05) is 31.2 Å². The van der Waals surface area contributed by atoms with Crippen molar-refractivity contribution in [1.82, 2.24) is 0 Å². The molecule has 0 saturated heterocycles. The van der Waals surface area contributed by atoms with Crippen LogP contribution in [0, 0.1) is 6.92 Å². The first-order valence-electron chi connectivity index (χ1n) is 8.46. The van der Waals surface area contributed by atoms with Crippen LogP contribution in [0.3, 0.4) is 0 Å². The van der Waals surface area contributed by atoms with E-state index in [4.69, 9.17) is 14.2 Å². The zero-order valence-corrected chi connectivity index (χ0v) is 14.9. The summed E-state index contributed by atoms with van der Waals surface area (Å²) in [5.74, 6) is 0.515. The molecular formula is C21H20O5. The fourth-order valence-corrected chi connectivity index (χ4v) is 2.64. The van der Waals surface area contributed by atoms with E-state index in [0.29, 0.717) is 23.7 Å². The number of hydrogen-bond acceptors (Lipinski definition) is 5. The summed E-state index contributed by atoms with van der Waals surface area (Å²) in [7, 11) is 0. The summed E-state index contributed by atoms with van der Waals surface area (Å²) >= 11 is 0. The van der Waals surface area contributed by atoms with Crippen LogP contribution in [0.15, 0.2) is 48.2 Å². The normalized spacial score (nSPS) is 15.3. The third-order valence-corrected chi connectivity index (χ3v) is 4.05. The van der Waals surface area contributed by atoms with E-state index in [2.05, 4.69) is 0 Å². The lowest BCUT2D eigenvalue weighted by Crippen LogP contribution is -2.26. The van der Waals surface area contributed by atoms with Gasteiger partial charge in [0.25, 0.3) is 0 Å². The SMILES string of the molecule is CCOC(=O)[C@H](C)Oc1ccc2c(c1)OC(=Cc1ccccc1C)C2=O. The third-order valence-electron chi connectivity index (χ3n) is 4.05. The van der Waals surface area contributed by atoms with E-state index in [0.717, 1.165) is 11.1 Å². The number of Topliss-reactive ketones (excluding diaryl/α,β-unsaturated/α-hetero) is 1. The van der Waals surface area contributed by atoms with Crippen LogP contribution in [0.4, 0.5) is 0 Å². The Kier molecular flexibility index (Phi) is 5.07. The number of benzene rings is 2. The first-order valence-corrected chi connectivity index (χ1v) is 8.46. The molecule has 0 fully saturated rings. The Bertz CT molecular complexity index is 882. The average Bonchev–Trinajstić information content (AvgIpc) is 2.92. The summed E-state index contributed by atoms with van der Waals surface area (Å²) in [5.41, 5.74) is 2.46. The summed E-state index contributed by atoms with van der Waals surface area (Å²) in [4.78, 5) is 24.2. The number of ether oxygens (including phenoxy) is 3. The zero-order chi connectivity index (χ0) is 18.7. The Hall–Kier alpha value is -3.08. The molecule has 3 rings (SSSR count). The largest absolute Gasteiger partial charge is 0.479 e. The zero-order valence-electron chi connectivity index (χ0n) is 14.9. The molecule has 1 atom stereocenters. The highest BCUT2D eigenvalue weighted by molar-refractivity contribution is 6.14. The second kappa shape index (κ2) is 7.44. The van der Waals surface area contributed by atoms with Crippen molar-refractivity contribution in [3.05, 3.63) is 64.9 Å². The molecule has 0 aromatic heterocycles. The number of hydrogen-bond donors (Lipinski definition) is 0. The van der Waals surface area contributed by atoms with Crippen molar-refractivity contribution in [2.24, 2.45) is 0 Å². The molecule has 2 aromatic rings. The van der Waals surface area contributed by atoms with E-state index in [-0.39, 0.29) is 11.5 Å². The van der Waals surface area contributed by atoms with Crippen molar-refractivity contribution >= 4 is 17.8 Å². The molecule has 2 aromatic carbocycles. The maximum atomic E-state index is 12.5. The lowest BCUT2D eigenvalue weighted by Gasteiger charge is -2.13. The molecule has 0 unspecified atom stereocenters. The van der Waals surface area contributed by atoms with E-state index in [1.165, 1.54) is 0 Å². The van der Waals surface area contributed by atoms with Gasteiger partial charge in [0.15, 0.2) is 11.9 Å². The van der Waals surface area contributed by atoms with Gasteiger partial charge in [-0.05, 0) is 50.1 Å². The van der Waals surface area contributed by atoms with Crippen LogP contribution in [0.1, 0.15) is 35.3 Å². The van der Waals surface area contributed by atoms with Gasteiger partial charge in [-0.3, -0.25) is 4.79 Å². The van der Waals surface area contributed by atoms with Crippen LogP contribution in [-0.4, -0.2) is 24.5 Å². The lowest BCUT2D eigenvalue weighted by atomic mass is 10.1. The predicted molar refractivity (Wildman–Crippen MR) is 97.3 cm³/mol. The van der Waals surface area contributed by atoms with Gasteiger partial charge in [-0.15, -0.1) is 0 Å². The second-order valence-corrected chi connectivity index (χ2v) is 5.97. The molecule has 0 amide bonds. The molecule has 0 bridgehead atoms. The van der Waals surface area contributed by atoms with Crippen LogP contribution in [0.2, 0.25) is 0 Å². The van der Waals surface area contributed by atoms with Gasteiger partial charge in [-0.2, -0.15) is 0 Å². The Morgan fingerprint density at radius 3 is 2.73 bits per heavy atom. The Balaban J connectivity index is 1.80. The molecule has 0 radical (unpaired) electrons. The molecule has 0 saturated carbocycles. The minimum atomic E-state index is -0.743. The van der Waals surface area contributed by atoms with Gasteiger partial charge in [0.05, 0.1) is 12.2 Å². The van der Waals surface area contributed by atoms with Crippen LogP contribution < -0.4 is 9.47 Å². The van der Waals surface area contributed by atoms with Gasteiger partial charge in [0.2, 0.25) is 5.78 Å². The van der Waals surface area contributed by atoms with Gasteiger partial charge in [-0.1, -0.05) is 24.3 Å². The molecule has 1 aliphatic heterocycles. The Labute approximate surface area is 152 Å². The van der Waals surface area contributed by atoms with Gasteiger partial charge < -0.3 is 14.2 Å². The van der Waals surface area contributed by atoms with Crippen LogP contribution in [-0.2, 0) is 9.53 Å². The molecular weight excluding hydrogens is 332 g/mol. The number of fused-ring (bicyclic) bond motifs is 1. The number of rotatable bonds is 5. The number of carbonyl (C=O) groups is 2. The first kappa shape index (κ1) is 17.7. The molecule has 134 valence electrons. The summed E-state index contributed by atoms with van der Waals surface area (Å²) in [6.07, 6.45) is 0.992. The number of ketones is 1. The van der Waals surface area contributed by atoms with Crippen molar-refractivity contribution in [3.8, 4) is 11.5 Å². The van der Waals surface area contributed by atoms with Crippen molar-refractivity contribution in [1.29, 1.82) is 0 Å². The highest BCUT2D eigenvalue weighted by atomic mass is 16.6. The topological polar surface area (TPSA) is 61.8 Å². The molecule has 1 aliphatic rings. The fourth-order valence-electron chi connectivity index (χ4n) is 2.64. The summed E-state index contributed by atoms with van der Waals surface area (Å²) in [5, 5.41) is 0. The van der Waals surface area contributed by atoms with Gasteiger partial charge in [0.1, 0.15) is 11.5 Å². The maximum Gasteiger partial charge on any atom is 0.347 e. The summed E-state index contributed by atoms with van der Waals surface area (Å²) in [6, 6.07) is 12.7. The van der Waals surface area contributed by atoms with E-state index in [9.17, 15) is 9.59 Å². The monoisotopic (exact) mass is 352 g/mol. The van der Waals surface area contributed by atoms with E-state index in [1.54, 1.807) is 38.1 Å². The number of carbonyl (C=O) groups excluding carboxylic acids is 2. The van der Waals surface area contributed by atoms with Gasteiger partial charge >= 0.3 is 5.97 Å². The standard InChI is InChI=1S/C21H20O5/c1-4-24-21(23)14(3)25-16-9-10-17-18(12-16)26-19(20(17)22)11-15-8-6-5-7-13(15)2/h5-12,14H,4H2,1-3H3/t14-/m0/s1. The second-order valence-electron chi connectivity index (χ2n) is 5.97. The molecule has 1 heterocycles. The quantitative estimate of drug-likeness (QED) is 0.602. The van der Waals surface area contributed by atoms with Crippen molar-refractivity contribution in [2.75, 3.05) is 6.61 Å². The predicted octanol–water partition coefficient (Wildman–Crippen LogP) is 3.94. The minimum absolute atomic E-state index is 0.173. The summed E-state index contributed by atoms with van der Waals surface area (Å²) < 4.78 is 16.2. The molecule has 5 nitrogen and oxygen atoms in total. The maximum absolute atomic E-state index is 12.5. The first-order chi connectivity index (χ1) is 12.5. The van der Waals surface area contributed by atoms with Crippen LogP contribution in [0.25, 0.3) is 6.08 Å². The molecule has 0 spiro atoms. The highest BCUT2D eigenvalue weighted by Crippen LogP contribution is 2.35. The van der Waals surface area contributed by atoms with Crippen molar-refractivity contribution in [2.45, 2.75) is 26.9 Å². The molecule has 5 heteroatoms. The molecule has 0 aliphatic carbocycles. The van der Waals surface area contributed by atoms with Gasteiger partial charge in [-0.25, -0.2) is 4.79 Å². The van der Waals surface area contributed by atoms with E-state index >= 15 is 0 Å². The summed E-state index contributed by atoms with van der Waals surface area (Å²) in [6.45, 7) is 5.62. The Morgan fingerprint density at radius 2 is 2.00 bits per heavy atom. The minimum Gasteiger partial charge on any atom is -0.479 e.